The van der Waals surface area contributed by atoms with Crippen LogP contribution in [0, 0.1) is 6.92 Å². The van der Waals surface area contributed by atoms with Crippen LogP contribution in [0.2, 0.25) is 0 Å². The SMILES string of the molecule is CC(=O)N1CCc2c(nc(C)nc2N2CCC(O)(CN(C)C)CC2)C1. The van der Waals surface area contributed by atoms with E-state index < -0.39 is 5.60 Å². The molecule has 2 aliphatic rings. The molecule has 1 aromatic rings. The number of aromatic nitrogens is 2. The summed E-state index contributed by atoms with van der Waals surface area (Å²) in [4.78, 5) is 27.1. The average Bonchev–Trinajstić information content (AvgIpc) is 2.53. The van der Waals surface area contributed by atoms with Crippen molar-refractivity contribution in [2.24, 2.45) is 0 Å². The molecule has 0 bridgehead atoms. The molecule has 1 N–H and O–H groups in total. The van der Waals surface area contributed by atoms with Gasteiger partial charge in [0.25, 0.3) is 0 Å². The summed E-state index contributed by atoms with van der Waals surface area (Å²) < 4.78 is 0. The molecule has 0 atom stereocenters. The fraction of sp³-hybridized carbons (Fsp3) is 0.722. The molecule has 1 aromatic heterocycles. The highest BCUT2D eigenvalue weighted by Crippen LogP contribution is 2.31. The molecule has 7 nitrogen and oxygen atoms in total. The number of hydrogen-bond acceptors (Lipinski definition) is 6. The third-order valence-corrected chi connectivity index (χ3v) is 5.20. The summed E-state index contributed by atoms with van der Waals surface area (Å²) in [6.45, 7) is 7.08. The Kier molecular flexibility index (Phi) is 4.97. The van der Waals surface area contributed by atoms with Crippen LogP contribution in [-0.4, -0.2) is 76.7 Å². The Labute approximate surface area is 149 Å². The number of fused-ring (bicyclic) bond motifs is 1. The molecular formula is C18H29N5O2. The van der Waals surface area contributed by atoms with Gasteiger partial charge in [0.05, 0.1) is 17.8 Å². The standard InChI is InChI=1S/C18H29N5O2/c1-13-19-16-11-23(14(2)24)8-5-15(16)17(20-13)22-9-6-18(25,7-10-22)12-21(3)4/h25H,5-12H2,1-4H3. The number of carbonyl (C=O) groups is 1. The summed E-state index contributed by atoms with van der Waals surface area (Å²) in [5.74, 6) is 1.83. The fourth-order valence-corrected chi connectivity index (χ4v) is 3.94. The zero-order valence-corrected chi connectivity index (χ0v) is 15.7. The number of anilines is 1. The highest BCUT2D eigenvalue weighted by atomic mass is 16.3. The third-order valence-electron chi connectivity index (χ3n) is 5.20. The fourth-order valence-electron chi connectivity index (χ4n) is 3.94. The molecule has 3 heterocycles. The van der Waals surface area contributed by atoms with E-state index in [0.29, 0.717) is 13.1 Å². The maximum Gasteiger partial charge on any atom is 0.219 e. The monoisotopic (exact) mass is 347 g/mol. The Balaban J connectivity index is 1.79. The smallest absolute Gasteiger partial charge is 0.219 e. The van der Waals surface area contributed by atoms with Crippen molar-refractivity contribution in [1.29, 1.82) is 0 Å². The topological polar surface area (TPSA) is 72.8 Å². The van der Waals surface area contributed by atoms with Crippen molar-refractivity contribution in [3.63, 3.8) is 0 Å². The second-order valence-electron chi connectivity index (χ2n) is 7.66. The van der Waals surface area contributed by atoms with Crippen LogP contribution in [0.25, 0.3) is 0 Å². The number of rotatable bonds is 3. The van der Waals surface area contributed by atoms with Crippen molar-refractivity contribution in [3.05, 3.63) is 17.1 Å². The van der Waals surface area contributed by atoms with E-state index in [1.165, 1.54) is 5.56 Å². The molecule has 1 fully saturated rings. The van der Waals surface area contributed by atoms with E-state index in [4.69, 9.17) is 4.98 Å². The third kappa shape index (κ3) is 3.93. The van der Waals surface area contributed by atoms with Crippen LogP contribution in [0.5, 0.6) is 0 Å². The molecule has 0 saturated carbocycles. The maximum absolute atomic E-state index is 11.7. The van der Waals surface area contributed by atoms with Gasteiger partial charge < -0.3 is 19.8 Å². The predicted molar refractivity (Wildman–Crippen MR) is 96.5 cm³/mol. The van der Waals surface area contributed by atoms with Crippen LogP contribution >= 0.6 is 0 Å². The number of piperidine rings is 1. The number of nitrogens with zero attached hydrogens (tertiary/aromatic N) is 5. The van der Waals surface area contributed by atoms with E-state index in [1.807, 2.05) is 30.8 Å². The second-order valence-corrected chi connectivity index (χ2v) is 7.66. The lowest BCUT2D eigenvalue weighted by Crippen LogP contribution is -2.50. The van der Waals surface area contributed by atoms with Crippen molar-refractivity contribution < 1.29 is 9.90 Å². The van der Waals surface area contributed by atoms with E-state index >= 15 is 0 Å². The average molecular weight is 347 g/mol. The van der Waals surface area contributed by atoms with Crippen LogP contribution in [0.1, 0.15) is 36.8 Å². The summed E-state index contributed by atoms with van der Waals surface area (Å²) in [7, 11) is 3.99. The predicted octanol–water partition coefficient (Wildman–Crippen LogP) is 0.583. The van der Waals surface area contributed by atoms with Gasteiger partial charge in [0, 0.05) is 38.7 Å². The van der Waals surface area contributed by atoms with Gasteiger partial charge in [0.15, 0.2) is 0 Å². The van der Waals surface area contributed by atoms with Gasteiger partial charge in [-0.25, -0.2) is 9.97 Å². The van der Waals surface area contributed by atoms with Gasteiger partial charge in [0.1, 0.15) is 11.6 Å². The van der Waals surface area contributed by atoms with Gasteiger partial charge >= 0.3 is 0 Å². The molecule has 0 aromatic carbocycles. The van der Waals surface area contributed by atoms with Crippen molar-refractivity contribution in [2.45, 2.75) is 45.3 Å². The lowest BCUT2D eigenvalue weighted by molar-refractivity contribution is -0.129. The zero-order chi connectivity index (χ0) is 18.2. The highest BCUT2D eigenvalue weighted by molar-refractivity contribution is 5.73. The van der Waals surface area contributed by atoms with E-state index in [2.05, 4.69) is 9.88 Å². The normalized spacial score (nSPS) is 19.9. The lowest BCUT2D eigenvalue weighted by Gasteiger charge is -2.41. The summed E-state index contributed by atoms with van der Waals surface area (Å²) >= 11 is 0. The Bertz CT molecular complexity index is 653. The minimum absolute atomic E-state index is 0.0928. The number of aliphatic hydroxyl groups is 1. The molecule has 25 heavy (non-hydrogen) atoms. The molecule has 0 unspecified atom stereocenters. The van der Waals surface area contributed by atoms with E-state index in [0.717, 1.165) is 56.2 Å². The molecule has 0 aliphatic carbocycles. The molecule has 0 radical (unpaired) electrons. The van der Waals surface area contributed by atoms with Crippen LogP contribution in [0.15, 0.2) is 0 Å². The summed E-state index contributed by atoms with van der Waals surface area (Å²) in [6, 6.07) is 0. The van der Waals surface area contributed by atoms with Crippen LogP contribution in [-0.2, 0) is 17.8 Å². The maximum atomic E-state index is 11.7. The molecule has 138 valence electrons. The molecule has 3 rings (SSSR count). The first-order chi connectivity index (χ1) is 11.8. The Morgan fingerprint density at radius 1 is 1.24 bits per heavy atom. The molecule has 0 spiro atoms. The number of likely N-dealkylation sites (N-methyl/N-ethyl adjacent to an activating group) is 1. The Morgan fingerprint density at radius 3 is 2.52 bits per heavy atom. The quantitative estimate of drug-likeness (QED) is 0.862. The summed E-state index contributed by atoms with van der Waals surface area (Å²) in [5.41, 5.74) is 1.52. The van der Waals surface area contributed by atoms with Gasteiger partial charge in [-0.15, -0.1) is 0 Å². The number of carbonyl (C=O) groups excluding carboxylic acids is 1. The Hall–Kier alpha value is -1.73. The lowest BCUT2D eigenvalue weighted by atomic mass is 9.90. The number of amides is 1. The van der Waals surface area contributed by atoms with Crippen molar-refractivity contribution >= 4 is 11.7 Å². The Morgan fingerprint density at radius 2 is 1.92 bits per heavy atom. The van der Waals surface area contributed by atoms with E-state index in [1.54, 1.807) is 6.92 Å². The van der Waals surface area contributed by atoms with Gasteiger partial charge in [-0.3, -0.25) is 4.79 Å². The van der Waals surface area contributed by atoms with Gasteiger partial charge in [-0.2, -0.15) is 0 Å². The van der Waals surface area contributed by atoms with Crippen molar-refractivity contribution in [3.8, 4) is 0 Å². The zero-order valence-electron chi connectivity index (χ0n) is 15.7. The van der Waals surface area contributed by atoms with Crippen molar-refractivity contribution in [2.75, 3.05) is 45.2 Å². The first kappa shape index (κ1) is 18.1. The van der Waals surface area contributed by atoms with Crippen LogP contribution in [0.3, 0.4) is 0 Å². The van der Waals surface area contributed by atoms with Crippen LogP contribution in [0.4, 0.5) is 5.82 Å². The van der Waals surface area contributed by atoms with Gasteiger partial charge in [-0.1, -0.05) is 0 Å². The van der Waals surface area contributed by atoms with E-state index in [-0.39, 0.29) is 5.91 Å². The first-order valence-electron chi connectivity index (χ1n) is 9.01. The van der Waals surface area contributed by atoms with Gasteiger partial charge in [0.2, 0.25) is 5.91 Å². The molecule has 7 heteroatoms. The van der Waals surface area contributed by atoms with Crippen molar-refractivity contribution in [1.82, 2.24) is 19.8 Å². The van der Waals surface area contributed by atoms with Crippen LogP contribution < -0.4 is 4.90 Å². The second kappa shape index (κ2) is 6.88. The molecule has 1 amide bonds. The van der Waals surface area contributed by atoms with E-state index in [9.17, 15) is 9.90 Å². The molecule has 2 aliphatic heterocycles. The van der Waals surface area contributed by atoms with Gasteiger partial charge in [-0.05, 0) is 40.3 Å². The minimum atomic E-state index is -0.617. The number of aryl methyl sites for hydroxylation is 1. The largest absolute Gasteiger partial charge is 0.388 e. The summed E-state index contributed by atoms with van der Waals surface area (Å²) in [6.07, 6.45) is 2.27. The number of hydrogen-bond donors (Lipinski definition) is 1. The minimum Gasteiger partial charge on any atom is -0.388 e. The molecule has 1 saturated heterocycles. The first-order valence-corrected chi connectivity index (χ1v) is 9.01. The summed E-state index contributed by atoms with van der Waals surface area (Å²) in [5, 5.41) is 10.7. The highest BCUT2D eigenvalue weighted by Gasteiger charge is 2.34. The molecular weight excluding hydrogens is 318 g/mol.